The highest BCUT2D eigenvalue weighted by molar-refractivity contribution is 5.70. The minimum absolute atomic E-state index is 0.688. The van der Waals surface area contributed by atoms with Crippen molar-refractivity contribution in [3.05, 3.63) is 87.7 Å². The predicted octanol–water partition coefficient (Wildman–Crippen LogP) is 7.20. The zero-order chi connectivity index (χ0) is 24.4. The summed E-state index contributed by atoms with van der Waals surface area (Å²) in [6.07, 6.45) is 10.3. The van der Waals surface area contributed by atoms with Gasteiger partial charge in [0.25, 0.3) is 0 Å². The summed E-state index contributed by atoms with van der Waals surface area (Å²) in [5.41, 5.74) is 13.7. The lowest BCUT2D eigenvalue weighted by Gasteiger charge is -2.15. The van der Waals surface area contributed by atoms with Crippen LogP contribution in [0.2, 0.25) is 0 Å². The molecule has 180 valence electrons. The second-order valence-electron chi connectivity index (χ2n) is 10.1. The van der Waals surface area contributed by atoms with Crippen molar-refractivity contribution >= 4 is 0 Å². The van der Waals surface area contributed by atoms with E-state index < -0.39 is 0 Å². The molecular formula is C31H36N4. The molecule has 4 aromatic rings. The summed E-state index contributed by atoms with van der Waals surface area (Å²) in [6, 6.07) is 15.8. The van der Waals surface area contributed by atoms with Crippen LogP contribution in [0.25, 0.3) is 22.5 Å². The third-order valence-electron chi connectivity index (χ3n) is 7.45. The van der Waals surface area contributed by atoms with Crippen LogP contribution in [-0.2, 0) is 25.8 Å². The van der Waals surface area contributed by atoms with E-state index in [-0.39, 0.29) is 0 Å². The largest absolute Gasteiger partial charge is 0.252 e. The number of nitrogens with zero attached hydrogens (tertiary/aromatic N) is 4. The molecule has 0 spiro atoms. The summed E-state index contributed by atoms with van der Waals surface area (Å²) in [5, 5.41) is 8.90. The molecule has 2 aromatic heterocycles. The zero-order valence-corrected chi connectivity index (χ0v) is 21.6. The van der Waals surface area contributed by atoms with E-state index in [0.29, 0.717) is 6.54 Å². The Hall–Kier alpha value is -3.27. The van der Waals surface area contributed by atoms with E-state index in [2.05, 4.69) is 86.7 Å². The van der Waals surface area contributed by atoms with Gasteiger partial charge >= 0.3 is 0 Å². The van der Waals surface area contributed by atoms with Gasteiger partial charge < -0.3 is 0 Å². The van der Waals surface area contributed by atoms with E-state index in [1.54, 1.807) is 0 Å². The molecule has 1 aliphatic carbocycles. The number of hydrogen-bond acceptors (Lipinski definition) is 3. The van der Waals surface area contributed by atoms with Gasteiger partial charge in [0, 0.05) is 16.8 Å². The van der Waals surface area contributed by atoms with Gasteiger partial charge in [0.1, 0.15) is 5.69 Å². The monoisotopic (exact) mass is 464 g/mol. The molecule has 1 aliphatic rings. The van der Waals surface area contributed by atoms with Crippen LogP contribution in [0.15, 0.2) is 48.7 Å². The second kappa shape index (κ2) is 10.2. The van der Waals surface area contributed by atoms with Crippen molar-refractivity contribution < 1.29 is 0 Å². The smallest absolute Gasteiger partial charge is 0.113 e. The lowest BCUT2D eigenvalue weighted by molar-refractivity contribution is 0.644. The zero-order valence-electron chi connectivity index (χ0n) is 21.6. The van der Waals surface area contributed by atoms with Crippen molar-refractivity contribution in [1.29, 1.82) is 0 Å². The third kappa shape index (κ3) is 5.07. The van der Waals surface area contributed by atoms with Gasteiger partial charge in [0.05, 0.1) is 18.4 Å². The molecule has 0 bridgehead atoms. The lowest BCUT2D eigenvalue weighted by atomic mass is 9.95. The van der Waals surface area contributed by atoms with Crippen molar-refractivity contribution in [1.82, 2.24) is 20.0 Å². The molecule has 35 heavy (non-hydrogen) atoms. The first-order valence-corrected chi connectivity index (χ1v) is 13.1. The number of unbranched alkanes of at least 4 members (excludes halogenated alkanes) is 2. The van der Waals surface area contributed by atoms with E-state index >= 15 is 0 Å². The summed E-state index contributed by atoms with van der Waals surface area (Å²) in [7, 11) is 0. The average molecular weight is 465 g/mol. The van der Waals surface area contributed by atoms with Crippen molar-refractivity contribution in [2.45, 2.75) is 79.2 Å². The van der Waals surface area contributed by atoms with Crippen LogP contribution >= 0.6 is 0 Å². The maximum atomic E-state index is 5.13. The normalized spacial score (nSPS) is 12.8. The maximum Gasteiger partial charge on any atom is 0.113 e. The summed E-state index contributed by atoms with van der Waals surface area (Å²) in [4.78, 5) is 5.13. The van der Waals surface area contributed by atoms with Crippen LogP contribution in [0.3, 0.4) is 0 Å². The number of pyridine rings is 1. The van der Waals surface area contributed by atoms with E-state index in [4.69, 9.17) is 4.98 Å². The van der Waals surface area contributed by atoms with Crippen LogP contribution in [0.1, 0.15) is 71.7 Å². The summed E-state index contributed by atoms with van der Waals surface area (Å²) in [5.74, 6) is 0. The third-order valence-corrected chi connectivity index (χ3v) is 7.45. The van der Waals surface area contributed by atoms with Gasteiger partial charge in [-0.3, -0.25) is 4.98 Å². The SMILES string of the molecule is CCCCCc1ccc(-c2cn(Cc3cc4c(nc3C)-c3cc(C)c(C)cc3CCC4)nn2)cc1. The average Bonchev–Trinajstić information content (AvgIpc) is 3.25. The standard InChI is InChI=1S/C31H36N4/c1-5-6-7-9-24-12-14-25(15-13-24)30-20-35(34-33-30)19-28-18-27-11-8-10-26-16-21(2)22(3)17-29(26)31(27)32-23(28)4/h12-18,20H,5-11,19H2,1-4H3. The van der Waals surface area contributed by atoms with Gasteiger partial charge in [0.15, 0.2) is 0 Å². The number of aryl methyl sites for hydroxylation is 6. The fraction of sp³-hybridized carbons (Fsp3) is 0.387. The Kier molecular flexibility index (Phi) is 6.81. The molecule has 0 aliphatic heterocycles. The van der Waals surface area contributed by atoms with Gasteiger partial charge in [-0.15, -0.1) is 5.10 Å². The van der Waals surface area contributed by atoms with Gasteiger partial charge in [-0.2, -0.15) is 0 Å². The first-order chi connectivity index (χ1) is 17.0. The molecule has 0 saturated heterocycles. The van der Waals surface area contributed by atoms with Gasteiger partial charge in [-0.05, 0) is 98.4 Å². The Morgan fingerprint density at radius 2 is 1.66 bits per heavy atom. The molecule has 0 amide bonds. The molecule has 5 rings (SSSR count). The molecular weight excluding hydrogens is 428 g/mol. The van der Waals surface area contributed by atoms with Crippen LogP contribution in [-0.4, -0.2) is 20.0 Å². The fourth-order valence-corrected chi connectivity index (χ4v) is 5.15. The highest BCUT2D eigenvalue weighted by Gasteiger charge is 2.19. The first-order valence-electron chi connectivity index (χ1n) is 13.1. The van der Waals surface area contributed by atoms with Gasteiger partial charge in [0.2, 0.25) is 0 Å². The number of hydrogen-bond donors (Lipinski definition) is 0. The van der Waals surface area contributed by atoms with E-state index in [0.717, 1.165) is 42.6 Å². The number of rotatable bonds is 7. The van der Waals surface area contributed by atoms with E-state index in [9.17, 15) is 0 Å². The molecule has 4 nitrogen and oxygen atoms in total. The molecule has 0 radical (unpaired) electrons. The number of aromatic nitrogens is 4. The molecule has 2 aromatic carbocycles. The molecule has 0 N–H and O–H groups in total. The summed E-state index contributed by atoms with van der Waals surface area (Å²) < 4.78 is 1.94. The highest BCUT2D eigenvalue weighted by Crippen LogP contribution is 2.34. The Morgan fingerprint density at radius 1 is 0.886 bits per heavy atom. The van der Waals surface area contributed by atoms with Crippen molar-refractivity contribution in [3.63, 3.8) is 0 Å². The van der Waals surface area contributed by atoms with Crippen LogP contribution < -0.4 is 0 Å². The molecule has 2 heterocycles. The van der Waals surface area contributed by atoms with Crippen molar-refractivity contribution in [2.75, 3.05) is 0 Å². The van der Waals surface area contributed by atoms with E-state index in [1.165, 1.54) is 63.9 Å². The Bertz CT molecular complexity index is 1330. The second-order valence-corrected chi connectivity index (χ2v) is 10.1. The van der Waals surface area contributed by atoms with Gasteiger partial charge in [-0.25, -0.2) is 4.68 Å². The lowest BCUT2D eigenvalue weighted by Crippen LogP contribution is -2.06. The van der Waals surface area contributed by atoms with Crippen molar-refractivity contribution in [3.8, 4) is 22.5 Å². The maximum absolute atomic E-state index is 5.13. The fourth-order valence-electron chi connectivity index (χ4n) is 5.15. The van der Waals surface area contributed by atoms with Crippen LogP contribution in [0.4, 0.5) is 0 Å². The summed E-state index contributed by atoms with van der Waals surface area (Å²) in [6.45, 7) is 9.46. The van der Waals surface area contributed by atoms with Crippen LogP contribution in [0.5, 0.6) is 0 Å². The quantitative estimate of drug-likeness (QED) is 0.272. The highest BCUT2D eigenvalue weighted by atomic mass is 15.4. The van der Waals surface area contributed by atoms with Crippen molar-refractivity contribution in [2.24, 2.45) is 0 Å². The van der Waals surface area contributed by atoms with E-state index in [1.807, 2.05) is 4.68 Å². The Morgan fingerprint density at radius 3 is 2.46 bits per heavy atom. The minimum atomic E-state index is 0.688. The van der Waals surface area contributed by atoms with Crippen LogP contribution in [0, 0.1) is 20.8 Å². The molecule has 0 fully saturated rings. The first kappa shape index (κ1) is 23.5. The molecule has 0 saturated carbocycles. The minimum Gasteiger partial charge on any atom is -0.252 e. The topological polar surface area (TPSA) is 43.6 Å². The number of benzene rings is 2. The number of fused-ring (bicyclic) bond motifs is 3. The molecule has 4 heteroatoms. The Labute approximate surface area is 209 Å². The summed E-state index contributed by atoms with van der Waals surface area (Å²) >= 11 is 0. The van der Waals surface area contributed by atoms with Gasteiger partial charge in [-0.1, -0.05) is 55.3 Å². The molecule has 0 atom stereocenters. The molecule has 0 unspecified atom stereocenters. The Balaban J connectivity index is 1.36. The predicted molar refractivity (Wildman–Crippen MR) is 144 cm³/mol.